The molecule has 0 saturated heterocycles. The van der Waals surface area contributed by atoms with E-state index in [4.69, 9.17) is 0 Å². The van der Waals surface area contributed by atoms with Crippen LogP contribution in [0.4, 0.5) is 5.95 Å². The molecule has 0 fully saturated rings. The summed E-state index contributed by atoms with van der Waals surface area (Å²) < 4.78 is 1.52. The van der Waals surface area contributed by atoms with Crippen LogP contribution in [0.15, 0.2) is 65.7 Å². The third kappa shape index (κ3) is 3.29. The molecular weight excluding hydrogens is 396 g/mol. The van der Waals surface area contributed by atoms with E-state index in [0.29, 0.717) is 33.6 Å². The number of amides is 1. The smallest absolute Gasteiger partial charge is 0.272 e. The van der Waals surface area contributed by atoms with Crippen LogP contribution >= 0.6 is 0 Å². The minimum Gasteiger partial charge on any atom is -0.293 e. The molecule has 10 heteroatoms. The van der Waals surface area contributed by atoms with Crippen molar-refractivity contribution in [3.8, 4) is 11.4 Å². The molecule has 0 aliphatic heterocycles. The Morgan fingerprint density at radius 1 is 1.03 bits per heavy atom. The monoisotopic (exact) mass is 412 g/mol. The van der Waals surface area contributed by atoms with Crippen molar-refractivity contribution < 1.29 is 4.79 Å². The van der Waals surface area contributed by atoms with Gasteiger partial charge in [0, 0.05) is 17.8 Å². The number of aromatic nitrogens is 7. The number of nitrogens with zero attached hydrogens (tertiary/aromatic N) is 6. The Morgan fingerprint density at radius 2 is 1.84 bits per heavy atom. The Balaban J connectivity index is 1.47. The summed E-state index contributed by atoms with van der Waals surface area (Å²) in [5.74, 6) is -0.572. The molecule has 0 radical (unpaired) electrons. The van der Waals surface area contributed by atoms with Gasteiger partial charge in [-0.15, -0.1) is 5.10 Å². The van der Waals surface area contributed by atoms with E-state index < -0.39 is 5.92 Å². The van der Waals surface area contributed by atoms with Gasteiger partial charge in [-0.1, -0.05) is 24.3 Å². The van der Waals surface area contributed by atoms with Crippen molar-refractivity contribution in [2.24, 2.45) is 0 Å². The van der Waals surface area contributed by atoms with Gasteiger partial charge >= 0.3 is 0 Å². The Labute approximate surface area is 175 Å². The lowest BCUT2D eigenvalue weighted by atomic mass is 10.0. The molecule has 1 unspecified atom stereocenters. The number of hydrogen-bond donors (Lipinski definition) is 2. The largest absolute Gasteiger partial charge is 0.293 e. The molecule has 0 saturated carbocycles. The van der Waals surface area contributed by atoms with Crippen LogP contribution in [-0.2, 0) is 4.79 Å². The number of benzene rings is 1. The zero-order valence-corrected chi connectivity index (χ0v) is 16.4. The molecule has 1 atom stereocenters. The fourth-order valence-corrected chi connectivity index (χ4v) is 3.36. The van der Waals surface area contributed by atoms with E-state index in [9.17, 15) is 9.59 Å². The zero-order chi connectivity index (χ0) is 21.4. The van der Waals surface area contributed by atoms with Crippen LogP contribution in [0.5, 0.6) is 0 Å². The topological polar surface area (TPSA) is 131 Å². The molecule has 0 aliphatic carbocycles. The van der Waals surface area contributed by atoms with Crippen LogP contribution in [0.1, 0.15) is 18.5 Å². The number of anilines is 1. The first kappa shape index (κ1) is 18.6. The predicted molar refractivity (Wildman–Crippen MR) is 113 cm³/mol. The van der Waals surface area contributed by atoms with Gasteiger partial charge in [0.05, 0.1) is 28.4 Å². The molecule has 1 amide bonds. The number of rotatable bonds is 4. The number of nitrogens with one attached hydrogen (secondary N) is 2. The highest BCUT2D eigenvalue weighted by molar-refractivity contribution is 5.97. The maximum absolute atomic E-state index is 12.9. The summed E-state index contributed by atoms with van der Waals surface area (Å²) in [6.07, 6.45) is 3.29. The molecule has 2 N–H and O–H groups in total. The van der Waals surface area contributed by atoms with Gasteiger partial charge in [0.2, 0.25) is 5.91 Å². The predicted octanol–water partition coefficient (Wildman–Crippen LogP) is 2.17. The summed E-state index contributed by atoms with van der Waals surface area (Å²) >= 11 is 0. The third-order valence-electron chi connectivity index (χ3n) is 4.93. The Kier molecular flexibility index (Phi) is 4.43. The van der Waals surface area contributed by atoms with Crippen LogP contribution in [0.25, 0.3) is 27.9 Å². The lowest BCUT2D eigenvalue weighted by Crippen LogP contribution is -2.22. The lowest BCUT2D eigenvalue weighted by molar-refractivity contribution is -0.117. The van der Waals surface area contributed by atoms with E-state index in [0.717, 1.165) is 0 Å². The SMILES string of the molecule is CC(C(=O)Nc1nc2nccc(-c3ccccn3)n2n1)c1n[nH]c(=O)c2ccccc12. The summed E-state index contributed by atoms with van der Waals surface area (Å²) in [5, 5.41) is 14.7. The number of pyridine rings is 1. The van der Waals surface area contributed by atoms with Crippen LogP contribution < -0.4 is 10.9 Å². The van der Waals surface area contributed by atoms with Crippen molar-refractivity contribution in [2.45, 2.75) is 12.8 Å². The second kappa shape index (κ2) is 7.41. The van der Waals surface area contributed by atoms with Gasteiger partial charge < -0.3 is 0 Å². The molecule has 5 aromatic rings. The molecule has 152 valence electrons. The maximum Gasteiger partial charge on any atom is 0.272 e. The second-order valence-electron chi connectivity index (χ2n) is 6.89. The number of hydrogen-bond acceptors (Lipinski definition) is 7. The van der Waals surface area contributed by atoms with Gasteiger partial charge in [0.15, 0.2) is 0 Å². The molecular formula is C21H16N8O2. The lowest BCUT2D eigenvalue weighted by Gasteiger charge is -2.11. The van der Waals surface area contributed by atoms with Crippen molar-refractivity contribution in [1.29, 1.82) is 0 Å². The molecule has 1 aromatic carbocycles. The Hall–Kier alpha value is -4.47. The van der Waals surface area contributed by atoms with Crippen molar-refractivity contribution in [2.75, 3.05) is 5.32 Å². The molecule has 0 bridgehead atoms. The van der Waals surface area contributed by atoms with Gasteiger partial charge in [-0.3, -0.25) is 19.9 Å². The van der Waals surface area contributed by atoms with E-state index in [1.807, 2.05) is 18.2 Å². The van der Waals surface area contributed by atoms with Crippen LogP contribution in [0, 0.1) is 0 Å². The molecule has 31 heavy (non-hydrogen) atoms. The molecule has 0 aliphatic rings. The summed E-state index contributed by atoms with van der Waals surface area (Å²) in [4.78, 5) is 37.8. The molecule has 4 aromatic heterocycles. The number of carbonyl (C=O) groups excluding carboxylic acids is 1. The van der Waals surface area contributed by atoms with Gasteiger partial charge in [-0.2, -0.15) is 14.6 Å². The first-order valence-corrected chi connectivity index (χ1v) is 9.53. The van der Waals surface area contributed by atoms with Crippen molar-refractivity contribution in [3.63, 3.8) is 0 Å². The molecule has 4 heterocycles. The number of H-pyrrole nitrogens is 1. The fourth-order valence-electron chi connectivity index (χ4n) is 3.36. The summed E-state index contributed by atoms with van der Waals surface area (Å²) in [7, 11) is 0. The number of fused-ring (bicyclic) bond motifs is 2. The summed E-state index contributed by atoms with van der Waals surface area (Å²) in [5.41, 5.74) is 1.56. The first-order valence-electron chi connectivity index (χ1n) is 9.53. The first-order chi connectivity index (χ1) is 15.1. The Morgan fingerprint density at radius 3 is 2.65 bits per heavy atom. The van der Waals surface area contributed by atoms with Crippen LogP contribution in [0.3, 0.4) is 0 Å². The molecule has 0 spiro atoms. The van der Waals surface area contributed by atoms with Gasteiger partial charge in [0.25, 0.3) is 17.3 Å². The Bertz CT molecular complexity index is 1480. The van der Waals surface area contributed by atoms with Gasteiger partial charge in [-0.05, 0) is 31.2 Å². The minimum absolute atomic E-state index is 0.112. The summed E-state index contributed by atoms with van der Waals surface area (Å²) in [6, 6.07) is 14.3. The second-order valence-corrected chi connectivity index (χ2v) is 6.89. The quantitative estimate of drug-likeness (QED) is 0.462. The van der Waals surface area contributed by atoms with Gasteiger partial charge in [-0.25, -0.2) is 10.1 Å². The normalized spacial score (nSPS) is 12.2. The van der Waals surface area contributed by atoms with Crippen LogP contribution in [-0.4, -0.2) is 40.7 Å². The average Bonchev–Trinajstić information content (AvgIpc) is 3.22. The van der Waals surface area contributed by atoms with E-state index in [-0.39, 0.29) is 17.4 Å². The highest BCUT2D eigenvalue weighted by Gasteiger charge is 2.22. The maximum atomic E-state index is 12.9. The zero-order valence-electron chi connectivity index (χ0n) is 16.4. The third-order valence-corrected chi connectivity index (χ3v) is 4.93. The van der Waals surface area contributed by atoms with Crippen LogP contribution in [0.2, 0.25) is 0 Å². The fraction of sp³-hybridized carbons (Fsp3) is 0.0952. The number of aromatic amines is 1. The average molecular weight is 412 g/mol. The number of carbonyl (C=O) groups is 1. The summed E-state index contributed by atoms with van der Waals surface area (Å²) in [6.45, 7) is 1.70. The highest BCUT2D eigenvalue weighted by Crippen LogP contribution is 2.22. The highest BCUT2D eigenvalue weighted by atomic mass is 16.2. The molecule has 10 nitrogen and oxygen atoms in total. The van der Waals surface area contributed by atoms with E-state index in [1.54, 1.807) is 49.6 Å². The van der Waals surface area contributed by atoms with E-state index in [2.05, 4.69) is 35.6 Å². The standard InChI is InChI=1S/C21H16N8O2/c1-12(17-13-6-2-3-7-14(13)19(31)27-26-17)18(30)24-20-25-21-23-11-9-16(29(21)28-20)15-8-4-5-10-22-15/h2-12H,1H3,(H,27,31)(H,24,28,30). The molecule has 5 rings (SSSR count). The van der Waals surface area contributed by atoms with Crippen molar-refractivity contribution in [3.05, 3.63) is 77.0 Å². The van der Waals surface area contributed by atoms with Crippen molar-refractivity contribution in [1.82, 2.24) is 34.8 Å². The van der Waals surface area contributed by atoms with E-state index >= 15 is 0 Å². The minimum atomic E-state index is -0.656. The van der Waals surface area contributed by atoms with E-state index in [1.165, 1.54) is 4.52 Å². The van der Waals surface area contributed by atoms with Gasteiger partial charge in [0.1, 0.15) is 0 Å². The van der Waals surface area contributed by atoms with Crippen molar-refractivity contribution >= 4 is 28.4 Å².